The molecule has 0 amide bonds. The second-order valence-corrected chi connectivity index (χ2v) is 3.49. The van der Waals surface area contributed by atoms with Crippen LogP contribution in [0.4, 0.5) is 5.69 Å². The van der Waals surface area contributed by atoms with E-state index in [1.165, 1.54) is 0 Å². The Morgan fingerprint density at radius 3 is 2.86 bits per heavy atom. The second-order valence-electron chi connectivity index (χ2n) is 3.08. The monoisotopic (exact) mass is 215 g/mol. The molecule has 2 N–H and O–H groups in total. The van der Waals surface area contributed by atoms with E-state index in [4.69, 9.17) is 21.4 Å². The summed E-state index contributed by atoms with van der Waals surface area (Å²) in [7, 11) is 1.57. The van der Waals surface area contributed by atoms with Crippen LogP contribution in [0.1, 0.15) is 6.92 Å². The summed E-state index contributed by atoms with van der Waals surface area (Å²) in [6.07, 6.45) is -0.378. The summed E-state index contributed by atoms with van der Waals surface area (Å²) >= 11 is 5.86. The van der Waals surface area contributed by atoms with Crippen LogP contribution in [0.3, 0.4) is 0 Å². The van der Waals surface area contributed by atoms with Crippen molar-refractivity contribution in [1.29, 1.82) is 0 Å². The van der Waals surface area contributed by atoms with Crippen molar-refractivity contribution >= 4 is 17.3 Å². The van der Waals surface area contributed by atoms with Gasteiger partial charge in [0.2, 0.25) is 0 Å². The molecule has 78 valence electrons. The summed E-state index contributed by atoms with van der Waals surface area (Å²) in [5.74, 6) is 0.627. The zero-order valence-electron chi connectivity index (χ0n) is 8.25. The van der Waals surface area contributed by atoms with E-state index in [2.05, 4.69) is 5.32 Å². The number of methoxy groups -OCH3 is 1. The molecule has 0 aromatic heterocycles. The standard InChI is InChI=1S/C10H14ClNO2/c1-7(13)6-12-8-3-4-9(11)10(5-8)14-2/h3-5,7,12-13H,6H2,1-2H3/t7-/m0/s1. The van der Waals surface area contributed by atoms with Gasteiger partial charge in [-0.15, -0.1) is 0 Å². The van der Waals surface area contributed by atoms with Gasteiger partial charge in [-0.05, 0) is 19.1 Å². The average Bonchev–Trinajstić information content (AvgIpc) is 2.16. The predicted octanol–water partition coefficient (Wildman–Crippen LogP) is 2.14. The first-order valence-corrected chi connectivity index (χ1v) is 4.76. The van der Waals surface area contributed by atoms with Crippen LogP contribution in [-0.2, 0) is 0 Å². The number of halogens is 1. The van der Waals surface area contributed by atoms with Gasteiger partial charge < -0.3 is 15.2 Å². The highest BCUT2D eigenvalue weighted by atomic mass is 35.5. The molecule has 1 rings (SSSR count). The highest BCUT2D eigenvalue weighted by Crippen LogP contribution is 2.27. The van der Waals surface area contributed by atoms with E-state index in [1.54, 1.807) is 26.2 Å². The maximum Gasteiger partial charge on any atom is 0.139 e. The molecule has 0 saturated heterocycles. The molecule has 4 heteroatoms. The Kier molecular flexibility index (Phi) is 4.04. The molecule has 1 aromatic carbocycles. The molecule has 0 aliphatic heterocycles. The lowest BCUT2D eigenvalue weighted by Gasteiger charge is -2.10. The van der Waals surface area contributed by atoms with E-state index in [0.717, 1.165) is 5.69 Å². The van der Waals surface area contributed by atoms with Crippen molar-refractivity contribution in [3.63, 3.8) is 0 Å². The topological polar surface area (TPSA) is 41.5 Å². The van der Waals surface area contributed by atoms with Gasteiger partial charge in [-0.25, -0.2) is 0 Å². The third-order valence-corrected chi connectivity index (χ3v) is 2.06. The quantitative estimate of drug-likeness (QED) is 0.809. The van der Waals surface area contributed by atoms with Crippen LogP contribution in [0, 0.1) is 0 Å². The summed E-state index contributed by atoms with van der Waals surface area (Å²) in [6.45, 7) is 2.23. The van der Waals surface area contributed by atoms with Crippen LogP contribution >= 0.6 is 11.6 Å². The Morgan fingerprint density at radius 2 is 2.29 bits per heavy atom. The lowest BCUT2D eigenvalue weighted by Crippen LogP contribution is -2.15. The van der Waals surface area contributed by atoms with Gasteiger partial charge in [0.15, 0.2) is 0 Å². The van der Waals surface area contributed by atoms with Gasteiger partial charge in [-0.2, -0.15) is 0 Å². The molecular formula is C10H14ClNO2. The van der Waals surface area contributed by atoms with Gasteiger partial charge in [0.25, 0.3) is 0 Å². The Hall–Kier alpha value is -0.930. The fourth-order valence-corrected chi connectivity index (χ4v) is 1.23. The van der Waals surface area contributed by atoms with Crippen LogP contribution < -0.4 is 10.1 Å². The van der Waals surface area contributed by atoms with Crippen molar-refractivity contribution in [2.45, 2.75) is 13.0 Å². The van der Waals surface area contributed by atoms with Crippen molar-refractivity contribution in [1.82, 2.24) is 0 Å². The van der Waals surface area contributed by atoms with Crippen molar-refractivity contribution in [2.75, 3.05) is 19.0 Å². The lowest BCUT2D eigenvalue weighted by molar-refractivity contribution is 0.208. The Bertz CT molecular complexity index is 302. The van der Waals surface area contributed by atoms with Gasteiger partial charge in [0, 0.05) is 18.3 Å². The minimum atomic E-state index is -0.378. The molecule has 3 nitrogen and oxygen atoms in total. The van der Waals surface area contributed by atoms with Gasteiger partial charge in [-0.3, -0.25) is 0 Å². The molecule has 0 aliphatic carbocycles. The molecule has 0 unspecified atom stereocenters. The zero-order valence-corrected chi connectivity index (χ0v) is 9.01. The number of hydrogen-bond donors (Lipinski definition) is 2. The number of anilines is 1. The van der Waals surface area contributed by atoms with Crippen LogP contribution in [0.15, 0.2) is 18.2 Å². The van der Waals surface area contributed by atoms with Gasteiger partial charge in [0.1, 0.15) is 5.75 Å². The highest BCUT2D eigenvalue weighted by molar-refractivity contribution is 6.32. The van der Waals surface area contributed by atoms with Gasteiger partial charge in [0.05, 0.1) is 18.2 Å². The minimum Gasteiger partial charge on any atom is -0.495 e. The summed E-state index contributed by atoms with van der Waals surface area (Å²) in [5.41, 5.74) is 0.882. The number of ether oxygens (including phenoxy) is 1. The lowest BCUT2D eigenvalue weighted by atomic mass is 10.3. The highest BCUT2D eigenvalue weighted by Gasteiger charge is 2.02. The summed E-state index contributed by atoms with van der Waals surface area (Å²) in [5, 5.41) is 12.7. The molecule has 0 fully saturated rings. The maximum absolute atomic E-state index is 9.07. The normalized spacial score (nSPS) is 12.3. The molecule has 0 spiro atoms. The van der Waals surface area contributed by atoms with Crippen molar-refractivity contribution in [3.8, 4) is 5.75 Å². The Labute approximate surface area is 88.7 Å². The molecule has 1 atom stereocenters. The average molecular weight is 216 g/mol. The summed E-state index contributed by atoms with van der Waals surface area (Å²) in [6, 6.07) is 5.39. The van der Waals surface area contributed by atoms with Crippen molar-refractivity contribution in [3.05, 3.63) is 23.2 Å². The minimum absolute atomic E-state index is 0.378. The van der Waals surface area contributed by atoms with E-state index in [1.807, 2.05) is 6.07 Å². The number of aliphatic hydroxyl groups excluding tert-OH is 1. The van der Waals surface area contributed by atoms with E-state index in [-0.39, 0.29) is 6.10 Å². The van der Waals surface area contributed by atoms with Gasteiger partial charge in [-0.1, -0.05) is 11.6 Å². The first kappa shape index (κ1) is 11.1. The van der Waals surface area contributed by atoms with E-state index in [9.17, 15) is 0 Å². The van der Waals surface area contributed by atoms with E-state index < -0.39 is 0 Å². The predicted molar refractivity (Wildman–Crippen MR) is 58.2 cm³/mol. The third-order valence-electron chi connectivity index (χ3n) is 1.75. The molecule has 0 aliphatic rings. The summed E-state index contributed by atoms with van der Waals surface area (Å²) in [4.78, 5) is 0. The van der Waals surface area contributed by atoms with E-state index in [0.29, 0.717) is 17.3 Å². The molecule has 1 aromatic rings. The fraction of sp³-hybridized carbons (Fsp3) is 0.400. The molecule has 14 heavy (non-hydrogen) atoms. The number of nitrogens with one attached hydrogen (secondary N) is 1. The number of hydrogen-bond acceptors (Lipinski definition) is 3. The molecule has 0 radical (unpaired) electrons. The Morgan fingerprint density at radius 1 is 1.57 bits per heavy atom. The molecule has 0 heterocycles. The number of rotatable bonds is 4. The first-order chi connectivity index (χ1) is 6.63. The van der Waals surface area contributed by atoms with Crippen molar-refractivity contribution < 1.29 is 9.84 Å². The second kappa shape index (κ2) is 5.08. The van der Waals surface area contributed by atoms with Crippen LogP contribution in [0.5, 0.6) is 5.75 Å². The summed E-state index contributed by atoms with van der Waals surface area (Å²) < 4.78 is 5.06. The van der Waals surface area contributed by atoms with Crippen LogP contribution in [0.2, 0.25) is 5.02 Å². The number of aliphatic hydroxyl groups is 1. The van der Waals surface area contributed by atoms with Crippen molar-refractivity contribution in [2.24, 2.45) is 0 Å². The number of benzene rings is 1. The van der Waals surface area contributed by atoms with Crippen LogP contribution in [0.25, 0.3) is 0 Å². The van der Waals surface area contributed by atoms with Crippen LogP contribution in [-0.4, -0.2) is 24.9 Å². The smallest absolute Gasteiger partial charge is 0.139 e. The fourth-order valence-electron chi connectivity index (χ4n) is 1.04. The zero-order chi connectivity index (χ0) is 10.6. The Balaban J connectivity index is 2.69. The molecular weight excluding hydrogens is 202 g/mol. The van der Waals surface area contributed by atoms with E-state index >= 15 is 0 Å². The molecule has 0 saturated carbocycles. The third kappa shape index (κ3) is 3.09. The first-order valence-electron chi connectivity index (χ1n) is 4.39. The SMILES string of the molecule is COc1cc(NC[C@H](C)O)ccc1Cl. The maximum atomic E-state index is 9.07. The largest absolute Gasteiger partial charge is 0.495 e. The molecule has 0 bridgehead atoms. The van der Waals surface area contributed by atoms with Gasteiger partial charge >= 0.3 is 0 Å².